The standard InChI is InChI=1S/C13H8BrF3N2O/c14-9-5-11(17)12(6-10(9)16)19-13(20)18-8-3-1-7(15)2-4-8/h1-6H,(H2,18,19,20). The van der Waals surface area contributed by atoms with E-state index >= 15 is 0 Å². The van der Waals surface area contributed by atoms with E-state index < -0.39 is 23.5 Å². The minimum absolute atomic E-state index is 0.0421. The molecule has 0 atom stereocenters. The molecule has 0 aliphatic carbocycles. The second kappa shape index (κ2) is 5.96. The van der Waals surface area contributed by atoms with E-state index in [0.717, 1.165) is 24.3 Å². The van der Waals surface area contributed by atoms with Gasteiger partial charge in [0.25, 0.3) is 0 Å². The van der Waals surface area contributed by atoms with Gasteiger partial charge in [0.1, 0.15) is 17.5 Å². The van der Waals surface area contributed by atoms with Crippen molar-refractivity contribution >= 4 is 33.3 Å². The maximum absolute atomic E-state index is 13.5. The first kappa shape index (κ1) is 14.4. The SMILES string of the molecule is O=C(Nc1ccc(F)cc1)Nc1cc(F)c(Br)cc1F. The van der Waals surface area contributed by atoms with Crippen LogP contribution in [0, 0.1) is 17.5 Å². The quantitative estimate of drug-likeness (QED) is 0.773. The summed E-state index contributed by atoms with van der Waals surface area (Å²) < 4.78 is 39.4. The number of halogens is 4. The second-order valence-electron chi connectivity index (χ2n) is 3.83. The average Bonchev–Trinajstić information content (AvgIpc) is 2.39. The van der Waals surface area contributed by atoms with Gasteiger partial charge in [-0.3, -0.25) is 0 Å². The Balaban J connectivity index is 2.08. The Kier molecular flexibility index (Phi) is 4.29. The van der Waals surface area contributed by atoms with Crippen molar-refractivity contribution in [2.75, 3.05) is 10.6 Å². The number of anilines is 2. The number of nitrogens with one attached hydrogen (secondary N) is 2. The van der Waals surface area contributed by atoms with Gasteiger partial charge in [-0.1, -0.05) is 0 Å². The number of benzene rings is 2. The van der Waals surface area contributed by atoms with Crippen LogP contribution in [0.15, 0.2) is 40.9 Å². The fourth-order valence-corrected chi connectivity index (χ4v) is 1.75. The van der Waals surface area contributed by atoms with Gasteiger partial charge in [0, 0.05) is 11.8 Å². The van der Waals surface area contributed by atoms with Crippen molar-refractivity contribution in [1.82, 2.24) is 0 Å². The summed E-state index contributed by atoms with van der Waals surface area (Å²) in [5.74, 6) is -1.94. The first-order chi connectivity index (χ1) is 9.45. The summed E-state index contributed by atoms with van der Waals surface area (Å²) in [6.45, 7) is 0. The minimum Gasteiger partial charge on any atom is -0.308 e. The Morgan fingerprint density at radius 2 is 1.60 bits per heavy atom. The van der Waals surface area contributed by atoms with Gasteiger partial charge < -0.3 is 10.6 Å². The molecule has 0 bridgehead atoms. The van der Waals surface area contributed by atoms with Gasteiger partial charge in [-0.25, -0.2) is 18.0 Å². The zero-order valence-electron chi connectivity index (χ0n) is 9.88. The van der Waals surface area contributed by atoms with E-state index in [1.165, 1.54) is 12.1 Å². The lowest BCUT2D eigenvalue weighted by Crippen LogP contribution is -2.20. The van der Waals surface area contributed by atoms with Crippen LogP contribution in [0.5, 0.6) is 0 Å². The predicted octanol–water partition coefficient (Wildman–Crippen LogP) is 4.51. The van der Waals surface area contributed by atoms with Crippen molar-refractivity contribution in [3.05, 3.63) is 58.3 Å². The number of rotatable bonds is 2. The number of hydrogen-bond acceptors (Lipinski definition) is 1. The summed E-state index contributed by atoms with van der Waals surface area (Å²) in [6.07, 6.45) is 0. The van der Waals surface area contributed by atoms with E-state index in [-0.39, 0.29) is 10.2 Å². The minimum atomic E-state index is -0.785. The van der Waals surface area contributed by atoms with Crippen molar-refractivity contribution in [2.24, 2.45) is 0 Å². The molecule has 0 aliphatic rings. The van der Waals surface area contributed by atoms with E-state index in [0.29, 0.717) is 5.69 Å². The Morgan fingerprint density at radius 3 is 2.25 bits per heavy atom. The fraction of sp³-hybridized carbons (Fsp3) is 0. The van der Waals surface area contributed by atoms with Crippen LogP contribution in [-0.2, 0) is 0 Å². The van der Waals surface area contributed by atoms with Gasteiger partial charge in [0.15, 0.2) is 0 Å². The van der Waals surface area contributed by atoms with Crippen molar-refractivity contribution in [3.63, 3.8) is 0 Å². The zero-order chi connectivity index (χ0) is 14.7. The van der Waals surface area contributed by atoms with Crippen LogP contribution in [-0.4, -0.2) is 6.03 Å². The highest BCUT2D eigenvalue weighted by Gasteiger charge is 2.11. The number of hydrogen-bond donors (Lipinski definition) is 2. The molecule has 0 spiro atoms. The van der Waals surface area contributed by atoms with Crippen molar-refractivity contribution in [3.8, 4) is 0 Å². The maximum Gasteiger partial charge on any atom is 0.323 e. The van der Waals surface area contributed by atoms with Gasteiger partial charge >= 0.3 is 6.03 Å². The van der Waals surface area contributed by atoms with Gasteiger partial charge in [0.05, 0.1) is 10.2 Å². The van der Waals surface area contributed by atoms with E-state index in [4.69, 9.17) is 0 Å². The van der Waals surface area contributed by atoms with Gasteiger partial charge in [-0.05, 0) is 46.3 Å². The van der Waals surface area contributed by atoms with E-state index in [1.807, 2.05) is 0 Å². The molecule has 0 unspecified atom stereocenters. The molecule has 0 heterocycles. The molecular formula is C13H8BrF3N2O. The fourth-order valence-electron chi connectivity index (χ4n) is 1.44. The third-order valence-corrected chi connectivity index (χ3v) is 2.97. The molecule has 2 N–H and O–H groups in total. The smallest absolute Gasteiger partial charge is 0.308 e. The highest BCUT2D eigenvalue weighted by Crippen LogP contribution is 2.23. The van der Waals surface area contributed by atoms with Crippen LogP contribution in [0.1, 0.15) is 0 Å². The Morgan fingerprint density at radius 1 is 0.950 bits per heavy atom. The number of amides is 2. The summed E-state index contributed by atoms with van der Waals surface area (Å²) >= 11 is 2.83. The topological polar surface area (TPSA) is 41.1 Å². The lowest BCUT2D eigenvalue weighted by molar-refractivity contribution is 0.262. The van der Waals surface area contributed by atoms with Gasteiger partial charge in [-0.15, -0.1) is 0 Å². The van der Waals surface area contributed by atoms with E-state index in [2.05, 4.69) is 26.6 Å². The predicted molar refractivity (Wildman–Crippen MR) is 73.1 cm³/mol. The lowest BCUT2D eigenvalue weighted by atomic mass is 10.3. The molecule has 0 aromatic heterocycles. The molecule has 7 heteroatoms. The largest absolute Gasteiger partial charge is 0.323 e. The summed E-state index contributed by atoms with van der Waals surface area (Å²) in [6, 6.07) is 6.00. The Labute approximate surface area is 120 Å². The van der Waals surface area contributed by atoms with Crippen molar-refractivity contribution in [1.29, 1.82) is 0 Å². The number of carbonyl (C=O) groups is 1. The molecule has 0 saturated heterocycles. The van der Waals surface area contributed by atoms with Gasteiger partial charge in [-0.2, -0.15) is 0 Å². The normalized spacial score (nSPS) is 10.2. The molecular weight excluding hydrogens is 337 g/mol. The molecule has 2 rings (SSSR count). The highest BCUT2D eigenvalue weighted by atomic mass is 79.9. The first-order valence-corrected chi connectivity index (χ1v) is 6.23. The van der Waals surface area contributed by atoms with Crippen LogP contribution in [0.25, 0.3) is 0 Å². The monoisotopic (exact) mass is 344 g/mol. The molecule has 0 radical (unpaired) electrons. The Hall–Kier alpha value is -2.02. The molecule has 2 aromatic carbocycles. The molecule has 2 aromatic rings. The number of carbonyl (C=O) groups excluding carboxylic acids is 1. The first-order valence-electron chi connectivity index (χ1n) is 5.44. The molecule has 0 saturated carbocycles. The van der Waals surface area contributed by atoms with Gasteiger partial charge in [0.2, 0.25) is 0 Å². The van der Waals surface area contributed by atoms with E-state index in [9.17, 15) is 18.0 Å². The van der Waals surface area contributed by atoms with Crippen LogP contribution < -0.4 is 10.6 Å². The zero-order valence-corrected chi connectivity index (χ0v) is 11.5. The third kappa shape index (κ3) is 3.51. The summed E-state index contributed by atoms with van der Waals surface area (Å²) in [5, 5.41) is 4.52. The van der Waals surface area contributed by atoms with E-state index in [1.54, 1.807) is 0 Å². The molecule has 3 nitrogen and oxygen atoms in total. The summed E-state index contributed by atoms with van der Waals surface area (Å²) in [5.41, 5.74) is 0.0206. The molecule has 104 valence electrons. The third-order valence-electron chi connectivity index (χ3n) is 2.36. The second-order valence-corrected chi connectivity index (χ2v) is 4.69. The van der Waals surface area contributed by atoms with Crippen molar-refractivity contribution in [2.45, 2.75) is 0 Å². The highest BCUT2D eigenvalue weighted by molar-refractivity contribution is 9.10. The molecule has 0 fully saturated rings. The molecule has 0 aliphatic heterocycles. The summed E-state index contributed by atoms with van der Waals surface area (Å²) in [7, 11) is 0. The van der Waals surface area contributed by atoms with Crippen LogP contribution >= 0.6 is 15.9 Å². The van der Waals surface area contributed by atoms with Crippen molar-refractivity contribution < 1.29 is 18.0 Å². The Bertz CT molecular complexity index is 647. The summed E-state index contributed by atoms with van der Waals surface area (Å²) in [4.78, 5) is 11.6. The van der Waals surface area contributed by atoms with Crippen LogP contribution in [0.2, 0.25) is 0 Å². The lowest BCUT2D eigenvalue weighted by Gasteiger charge is -2.09. The van der Waals surface area contributed by atoms with Crippen LogP contribution in [0.3, 0.4) is 0 Å². The molecule has 2 amide bonds. The number of urea groups is 1. The molecule has 20 heavy (non-hydrogen) atoms. The average molecular weight is 345 g/mol. The maximum atomic E-state index is 13.5. The van der Waals surface area contributed by atoms with Crippen LogP contribution in [0.4, 0.5) is 29.3 Å².